The highest BCUT2D eigenvalue weighted by Crippen LogP contribution is 2.29. The molecule has 3 aromatic rings. The standard InChI is InChI=1S/C17H16ClN5O3S/c1-8-11-6-12(16(26)21-13(14(19)24)15(20)25)27-17(11)23(22-8)7-9-2-4-10(18)5-3-9/h2-6,13H,7H2,1H3,(H2,19,24)(H2,20,25)(H,21,26). The van der Waals surface area contributed by atoms with Crippen molar-refractivity contribution in [2.24, 2.45) is 11.5 Å². The Morgan fingerprint density at radius 2 is 1.85 bits per heavy atom. The van der Waals surface area contributed by atoms with Crippen LogP contribution in [0.4, 0.5) is 0 Å². The molecule has 3 rings (SSSR count). The van der Waals surface area contributed by atoms with Gasteiger partial charge in [-0.05, 0) is 30.7 Å². The van der Waals surface area contributed by atoms with Crippen LogP contribution in [0.5, 0.6) is 0 Å². The molecule has 0 fully saturated rings. The van der Waals surface area contributed by atoms with E-state index in [0.717, 1.165) is 21.5 Å². The summed E-state index contributed by atoms with van der Waals surface area (Å²) in [6.07, 6.45) is 0. The Morgan fingerprint density at radius 3 is 2.44 bits per heavy atom. The molecular formula is C17H16ClN5O3S. The zero-order chi connectivity index (χ0) is 19.7. The van der Waals surface area contributed by atoms with Gasteiger partial charge in [-0.15, -0.1) is 11.3 Å². The minimum Gasteiger partial charge on any atom is -0.367 e. The van der Waals surface area contributed by atoms with Crippen molar-refractivity contribution in [2.75, 3.05) is 0 Å². The van der Waals surface area contributed by atoms with Gasteiger partial charge in [0.2, 0.25) is 11.8 Å². The molecular weight excluding hydrogens is 390 g/mol. The Morgan fingerprint density at radius 1 is 1.22 bits per heavy atom. The zero-order valence-corrected chi connectivity index (χ0v) is 15.8. The maximum absolute atomic E-state index is 12.4. The van der Waals surface area contributed by atoms with Crippen LogP contribution in [-0.2, 0) is 16.1 Å². The molecule has 0 atom stereocenters. The van der Waals surface area contributed by atoms with Crippen LogP contribution in [0.3, 0.4) is 0 Å². The largest absolute Gasteiger partial charge is 0.367 e. The highest BCUT2D eigenvalue weighted by molar-refractivity contribution is 7.20. The fourth-order valence-corrected chi connectivity index (χ4v) is 3.77. The molecule has 5 N–H and O–H groups in total. The first kappa shape index (κ1) is 18.9. The average molecular weight is 406 g/mol. The third-order valence-corrected chi connectivity index (χ3v) is 5.32. The molecule has 0 spiro atoms. The smallest absolute Gasteiger partial charge is 0.262 e. The molecule has 0 aliphatic carbocycles. The lowest BCUT2D eigenvalue weighted by atomic mass is 10.2. The number of nitrogens with one attached hydrogen (secondary N) is 1. The molecule has 0 saturated carbocycles. The summed E-state index contributed by atoms with van der Waals surface area (Å²) < 4.78 is 1.79. The SMILES string of the molecule is Cc1nn(Cc2ccc(Cl)cc2)c2sc(C(=O)NC(C(N)=O)C(N)=O)cc12. The van der Waals surface area contributed by atoms with Crippen molar-refractivity contribution in [3.05, 3.63) is 51.5 Å². The lowest BCUT2D eigenvalue weighted by Gasteiger charge is -2.10. The second-order valence-electron chi connectivity index (χ2n) is 5.91. The molecule has 0 saturated heterocycles. The summed E-state index contributed by atoms with van der Waals surface area (Å²) in [5, 5.41) is 8.22. The summed E-state index contributed by atoms with van der Waals surface area (Å²) in [5.41, 5.74) is 11.9. The number of rotatable bonds is 6. The molecule has 0 bridgehead atoms. The molecule has 10 heteroatoms. The number of hydrogen-bond donors (Lipinski definition) is 3. The predicted octanol–water partition coefficient (Wildman–Crippen LogP) is 1.18. The van der Waals surface area contributed by atoms with Gasteiger partial charge in [0.1, 0.15) is 4.83 Å². The fourth-order valence-electron chi connectivity index (χ4n) is 2.58. The van der Waals surface area contributed by atoms with E-state index in [1.807, 2.05) is 19.1 Å². The first-order chi connectivity index (χ1) is 12.8. The summed E-state index contributed by atoms with van der Waals surface area (Å²) in [6.45, 7) is 2.35. The van der Waals surface area contributed by atoms with Gasteiger partial charge >= 0.3 is 0 Å². The number of aryl methyl sites for hydroxylation is 1. The van der Waals surface area contributed by atoms with Crippen LogP contribution in [0.25, 0.3) is 10.2 Å². The molecule has 0 unspecified atom stereocenters. The average Bonchev–Trinajstić information content (AvgIpc) is 3.16. The highest BCUT2D eigenvalue weighted by atomic mass is 35.5. The lowest BCUT2D eigenvalue weighted by Crippen LogP contribution is -2.52. The Bertz CT molecular complexity index is 1030. The number of thiophene rings is 1. The number of hydrogen-bond acceptors (Lipinski definition) is 5. The first-order valence-electron chi connectivity index (χ1n) is 7.87. The number of carbonyl (C=O) groups is 3. The van der Waals surface area contributed by atoms with Crippen molar-refractivity contribution in [3.8, 4) is 0 Å². The van der Waals surface area contributed by atoms with E-state index >= 15 is 0 Å². The first-order valence-corrected chi connectivity index (χ1v) is 9.06. The Labute approximate surface area is 163 Å². The number of benzene rings is 1. The van der Waals surface area contributed by atoms with Crippen LogP contribution in [-0.4, -0.2) is 33.5 Å². The van der Waals surface area contributed by atoms with E-state index in [0.29, 0.717) is 16.4 Å². The van der Waals surface area contributed by atoms with Crippen molar-refractivity contribution in [3.63, 3.8) is 0 Å². The predicted molar refractivity (Wildman–Crippen MR) is 103 cm³/mol. The topological polar surface area (TPSA) is 133 Å². The van der Waals surface area contributed by atoms with E-state index in [1.165, 1.54) is 11.3 Å². The molecule has 27 heavy (non-hydrogen) atoms. The van der Waals surface area contributed by atoms with Crippen molar-refractivity contribution >= 4 is 50.9 Å². The molecule has 2 aromatic heterocycles. The van der Waals surface area contributed by atoms with Crippen molar-refractivity contribution in [2.45, 2.75) is 19.5 Å². The van der Waals surface area contributed by atoms with E-state index in [1.54, 1.807) is 22.9 Å². The second-order valence-corrected chi connectivity index (χ2v) is 7.38. The van der Waals surface area contributed by atoms with Crippen LogP contribution >= 0.6 is 22.9 Å². The van der Waals surface area contributed by atoms with Gasteiger partial charge in [0.05, 0.1) is 17.1 Å². The summed E-state index contributed by atoms with van der Waals surface area (Å²) in [7, 11) is 0. The summed E-state index contributed by atoms with van der Waals surface area (Å²) in [4.78, 5) is 36.0. The summed E-state index contributed by atoms with van der Waals surface area (Å²) in [6, 6.07) is 7.49. The van der Waals surface area contributed by atoms with E-state index < -0.39 is 23.8 Å². The second kappa shape index (κ2) is 7.37. The van der Waals surface area contributed by atoms with Gasteiger partial charge < -0.3 is 16.8 Å². The van der Waals surface area contributed by atoms with E-state index in [-0.39, 0.29) is 0 Å². The van der Waals surface area contributed by atoms with Crippen molar-refractivity contribution < 1.29 is 14.4 Å². The van der Waals surface area contributed by atoms with Crippen molar-refractivity contribution in [1.29, 1.82) is 0 Å². The number of carbonyl (C=O) groups excluding carboxylic acids is 3. The minimum absolute atomic E-state index is 0.322. The van der Waals surface area contributed by atoms with E-state index in [9.17, 15) is 14.4 Å². The van der Waals surface area contributed by atoms with Gasteiger partial charge in [-0.25, -0.2) is 0 Å². The lowest BCUT2D eigenvalue weighted by molar-refractivity contribution is -0.128. The molecule has 2 heterocycles. The summed E-state index contributed by atoms with van der Waals surface area (Å²) >= 11 is 7.11. The van der Waals surface area contributed by atoms with Crippen LogP contribution < -0.4 is 16.8 Å². The molecule has 0 radical (unpaired) electrons. The molecule has 140 valence electrons. The number of aromatic nitrogens is 2. The van der Waals surface area contributed by atoms with Crippen LogP contribution in [0.2, 0.25) is 5.02 Å². The minimum atomic E-state index is -1.56. The maximum Gasteiger partial charge on any atom is 0.262 e. The van der Waals surface area contributed by atoms with Gasteiger partial charge in [0.15, 0.2) is 6.04 Å². The quantitative estimate of drug-likeness (QED) is 0.531. The van der Waals surface area contributed by atoms with Crippen molar-refractivity contribution in [1.82, 2.24) is 15.1 Å². The number of halogens is 1. The van der Waals surface area contributed by atoms with Crippen LogP contribution in [0, 0.1) is 6.92 Å². The van der Waals surface area contributed by atoms with Crippen LogP contribution in [0.1, 0.15) is 20.9 Å². The van der Waals surface area contributed by atoms with Gasteiger partial charge in [0, 0.05) is 10.4 Å². The Balaban J connectivity index is 1.89. The van der Waals surface area contributed by atoms with Crippen LogP contribution in [0.15, 0.2) is 30.3 Å². The molecule has 0 aliphatic heterocycles. The molecule has 3 amide bonds. The van der Waals surface area contributed by atoms with Gasteiger partial charge in [-0.3, -0.25) is 19.1 Å². The zero-order valence-electron chi connectivity index (χ0n) is 14.2. The highest BCUT2D eigenvalue weighted by Gasteiger charge is 2.26. The Hall–Kier alpha value is -2.91. The maximum atomic E-state index is 12.4. The summed E-state index contributed by atoms with van der Waals surface area (Å²) in [5.74, 6) is -2.62. The normalized spacial score (nSPS) is 11.1. The fraction of sp³-hybridized carbons (Fsp3) is 0.176. The monoisotopic (exact) mass is 405 g/mol. The van der Waals surface area contributed by atoms with E-state index in [4.69, 9.17) is 23.1 Å². The Kier molecular flexibility index (Phi) is 5.15. The molecule has 1 aromatic carbocycles. The number of nitrogens with zero attached hydrogens (tertiary/aromatic N) is 2. The molecule has 8 nitrogen and oxygen atoms in total. The number of primary amides is 2. The number of amides is 3. The van der Waals surface area contributed by atoms with Gasteiger partial charge in [0.25, 0.3) is 5.91 Å². The number of nitrogens with two attached hydrogens (primary N) is 2. The number of fused-ring (bicyclic) bond motifs is 1. The van der Waals surface area contributed by atoms with E-state index in [2.05, 4.69) is 10.4 Å². The third kappa shape index (κ3) is 3.93. The van der Waals surface area contributed by atoms with Gasteiger partial charge in [-0.2, -0.15) is 5.10 Å². The van der Waals surface area contributed by atoms with Gasteiger partial charge in [-0.1, -0.05) is 23.7 Å². The molecule has 0 aliphatic rings. The third-order valence-electron chi connectivity index (χ3n) is 3.92.